The summed E-state index contributed by atoms with van der Waals surface area (Å²) in [5, 5.41) is 17.5. The van der Waals surface area contributed by atoms with Crippen LogP contribution in [-0.2, 0) is 19.4 Å². The number of aliphatic hydroxyl groups excluding tert-OH is 1. The van der Waals surface area contributed by atoms with Gasteiger partial charge in [-0.3, -0.25) is 4.99 Å². The van der Waals surface area contributed by atoms with Crippen LogP contribution in [-0.4, -0.2) is 30.6 Å². The van der Waals surface area contributed by atoms with Gasteiger partial charge in [0.2, 0.25) is 0 Å². The molecule has 0 bridgehead atoms. The maximum absolute atomic E-state index is 13.6. The molecule has 0 saturated carbocycles. The van der Waals surface area contributed by atoms with Crippen molar-refractivity contribution < 1.29 is 31.4 Å². The van der Waals surface area contributed by atoms with E-state index in [4.69, 9.17) is 0 Å². The summed E-state index contributed by atoms with van der Waals surface area (Å²) in [7, 11) is 1.23. The highest BCUT2D eigenvalue weighted by atomic mass is 19.4. The lowest BCUT2D eigenvalue weighted by Gasteiger charge is -2.19. The molecule has 0 spiro atoms. The zero-order valence-corrected chi connectivity index (χ0v) is 16.5. The molecule has 1 aromatic heterocycles. The van der Waals surface area contributed by atoms with Crippen molar-refractivity contribution in [2.24, 2.45) is 12.0 Å². The van der Waals surface area contributed by atoms with Gasteiger partial charge in [0.15, 0.2) is 6.23 Å². The number of hydrogen-bond donors (Lipinski definition) is 1. The normalized spacial score (nSPS) is 14.0. The molecule has 3 rings (SSSR count). The maximum Gasteiger partial charge on any atom is 0.416 e. The van der Waals surface area contributed by atoms with Gasteiger partial charge in [-0.15, -0.1) is 0 Å². The molecule has 13 heteroatoms. The minimum Gasteiger partial charge on any atom is -0.368 e. The van der Waals surface area contributed by atoms with E-state index in [0.717, 1.165) is 35.0 Å². The first-order valence-corrected chi connectivity index (χ1v) is 8.90. The molecule has 1 unspecified atom stereocenters. The minimum atomic E-state index is -4.93. The second-order valence-corrected chi connectivity index (χ2v) is 6.70. The molecule has 3 aromatic rings. The molecule has 170 valence electrons. The predicted octanol–water partition coefficient (Wildman–Crippen LogP) is 3.50. The molecule has 0 radical (unpaired) electrons. The number of aliphatic hydroxyl groups is 1. The lowest BCUT2D eigenvalue weighted by molar-refractivity contribution is -0.139. The monoisotopic (exact) mass is 459 g/mol. The topological polar surface area (TPSA) is 85.3 Å². The van der Waals surface area contributed by atoms with Crippen LogP contribution in [0.25, 0.3) is 5.69 Å². The van der Waals surface area contributed by atoms with Gasteiger partial charge in [-0.2, -0.15) is 35.7 Å². The first kappa shape index (κ1) is 23.2. The fourth-order valence-electron chi connectivity index (χ4n) is 2.96. The fraction of sp³-hybridized carbons (Fsp3) is 0.263. The molecule has 32 heavy (non-hydrogen) atoms. The number of aryl methyl sites for hydroxylation is 1. The van der Waals surface area contributed by atoms with Crippen LogP contribution in [0.15, 0.2) is 52.3 Å². The van der Waals surface area contributed by atoms with Crippen LogP contribution in [0.3, 0.4) is 0 Å². The Kier molecular flexibility index (Phi) is 5.96. The summed E-state index contributed by atoms with van der Waals surface area (Å²) in [6.45, 7) is 1.24. The summed E-state index contributed by atoms with van der Waals surface area (Å²) < 4.78 is 81.1. The molecule has 1 atom stereocenters. The Morgan fingerprint density at radius 1 is 1.03 bits per heavy atom. The van der Waals surface area contributed by atoms with Crippen molar-refractivity contribution in [1.29, 1.82) is 0 Å². The summed E-state index contributed by atoms with van der Waals surface area (Å²) >= 11 is 0. The Labute approximate surface area is 176 Å². The molecule has 0 aliphatic rings. The van der Waals surface area contributed by atoms with Crippen molar-refractivity contribution in [3.05, 3.63) is 75.2 Å². The van der Waals surface area contributed by atoms with E-state index >= 15 is 0 Å². The van der Waals surface area contributed by atoms with E-state index in [1.54, 1.807) is 0 Å². The van der Waals surface area contributed by atoms with Gasteiger partial charge in [0.05, 0.1) is 16.8 Å². The SMILES string of the molecule is CC(=NC(O)c1c(-n2nnn(C)c2=O)cccc1C(F)(F)F)c1cccc(C(F)(F)F)c1. The average molecular weight is 459 g/mol. The number of benzene rings is 2. The van der Waals surface area contributed by atoms with Crippen molar-refractivity contribution >= 4 is 5.71 Å². The highest BCUT2D eigenvalue weighted by Crippen LogP contribution is 2.38. The summed E-state index contributed by atoms with van der Waals surface area (Å²) in [6, 6.07) is 6.76. The number of nitrogens with zero attached hydrogens (tertiary/aromatic N) is 5. The van der Waals surface area contributed by atoms with E-state index in [1.807, 2.05) is 0 Å². The first-order chi connectivity index (χ1) is 14.8. The third-order valence-electron chi connectivity index (χ3n) is 4.52. The molecule has 2 aromatic carbocycles. The van der Waals surface area contributed by atoms with Gasteiger partial charge >= 0.3 is 18.0 Å². The van der Waals surface area contributed by atoms with Crippen molar-refractivity contribution in [2.45, 2.75) is 25.5 Å². The highest BCUT2D eigenvalue weighted by Gasteiger charge is 2.37. The van der Waals surface area contributed by atoms with Crippen LogP contribution in [0, 0.1) is 0 Å². The Balaban J connectivity index is 2.16. The summed E-state index contributed by atoms with van der Waals surface area (Å²) in [4.78, 5) is 15.9. The summed E-state index contributed by atoms with van der Waals surface area (Å²) in [5.74, 6) is 0. The molecule has 7 nitrogen and oxygen atoms in total. The Bertz CT molecular complexity index is 1230. The summed E-state index contributed by atoms with van der Waals surface area (Å²) in [6.07, 6.45) is -11.7. The van der Waals surface area contributed by atoms with Gasteiger partial charge in [-0.05, 0) is 47.2 Å². The number of aliphatic imine (C=N–C) groups is 1. The molecule has 0 aliphatic carbocycles. The molecular formula is C19H15F6N5O2. The smallest absolute Gasteiger partial charge is 0.368 e. The van der Waals surface area contributed by atoms with E-state index < -0.39 is 46.6 Å². The fourth-order valence-corrected chi connectivity index (χ4v) is 2.96. The van der Waals surface area contributed by atoms with E-state index in [1.165, 1.54) is 20.0 Å². The molecule has 0 fully saturated rings. The predicted molar refractivity (Wildman–Crippen MR) is 100 cm³/mol. The molecule has 0 amide bonds. The second-order valence-electron chi connectivity index (χ2n) is 6.70. The first-order valence-electron chi connectivity index (χ1n) is 8.90. The van der Waals surface area contributed by atoms with E-state index in [-0.39, 0.29) is 11.3 Å². The van der Waals surface area contributed by atoms with Crippen molar-refractivity contribution in [3.8, 4) is 5.69 Å². The Morgan fingerprint density at radius 3 is 2.25 bits per heavy atom. The number of hydrogen-bond acceptors (Lipinski definition) is 5. The number of rotatable bonds is 4. The molecule has 0 saturated heterocycles. The largest absolute Gasteiger partial charge is 0.416 e. The van der Waals surface area contributed by atoms with Crippen LogP contribution < -0.4 is 5.69 Å². The molecule has 1 heterocycles. The number of halogens is 6. The summed E-state index contributed by atoms with van der Waals surface area (Å²) in [5.41, 5.74) is -4.59. The lowest BCUT2D eigenvalue weighted by atomic mass is 10.0. The highest BCUT2D eigenvalue weighted by molar-refractivity contribution is 5.99. The number of alkyl halides is 6. The van der Waals surface area contributed by atoms with Crippen LogP contribution in [0.1, 0.15) is 35.4 Å². The van der Waals surface area contributed by atoms with Crippen molar-refractivity contribution in [3.63, 3.8) is 0 Å². The van der Waals surface area contributed by atoms with Gasteiger partial charge < -0.3 is 5.11 Å². The Hall–Kier alpha value is -3.48. The van der Waals surface area contributed by atoms with Gasteiger partial charge in [0, 0.05) is 18.3 Å². The van der Waals surface area contributed by atoms with Crippen LogP contribution in [0.4, 0.5) is 26.3 Å². The number of tetrazole rings is 1. The third kappa shape index (κ3) is 4.56. The Morgan fingerprint density at radius 2 is 1.69 bits per heavy atom. The van der Waals surface area contributed by atoms with Gasteiger partial charge in [0.1, 0.15) is 0 Å². The van der Waals surface area contributed by atoms with E-state index in [0.29, 0.717) is 10.7 Å². The average Bonchev–Trinajstić information content (AvgIpc) is 3.04. The zero-order valence-electron chi connectivity index (χ0n) is 16.5. The van der Waals surface area contributed by atoms with Crippen molar-refractivity contribution in [1.82, 2.24) is 19.8 Å². The molecule has 1 N–H and O–H groups in total. The van der Waals surface area contributed by atoms with E-state index in [9.17, 15) is 36.2 Å². The lowest BCUT2D eigenvalue weighted by Crippen LogP contribution is -2.24. The van der Waals surface area contributed by atoms with Gasteiger partial charge in [0.25, 0.3) is 0 Å². The van der Waals surface area contributed by atoms with Crippen LogP contribution >= 0.6 is 0 Å². The zero-order chi connectivity index (χ0) is 23.8. The van der Waals surface area contributed by atoms with Crippen LogP contribution in [0.2, 0.25) is 0 Å². The third-order valence-corrected chi connectivity index (χ3v) is 4.52. The van der Waals surface area contributed by atoms with Crippen LogP contribution in [0.5, 0.6) is 0 Å². The number of aromatic nitrogens is 4. The minimum absolute atomic E-state index is 0.0541. The van der Waals surface area contributed by atoms with Gasteiger partial charge in [-0.25, -0.2) is 4.79 Å². The van der Waals surface area contributed by atoms with Crippen molar-refractivity contribution in [2.75, 3.05) is 0 Å². The maximum atomic E-state index is 13.6. The van der Waals surface area contributed by atoms with Gasteiger partial charge in [-0.1, -0.05) is 18.2 Å². The van der Waals surface area contributed by atoms with E-state index in [2.05, 4.69) is 15.4 Å². The molecule has 0 aliphatic heterocycles. The standard InChI is InChI=1S/C19H15F6N5O2/c1-10(11-5-3-6-12(9-11)18(20,21)22)26-16(31)15-13(19(23,24)25)7-4-8-14(15)30-17(32)29(2)27-28-30/h3-9,16,31H,1-2H3. The second kappa shape index (κ2) is 8.22. The molecular weight excluding hydrogens is 444 g/mol. The quantitative estimate of drug-likeness (QED) is 0.478.